The number of amides is 1. The number of esters is 1. The largest absolute Gasteiger partial charge is 0.495 e. The summed E-state index contributed by atoms with van der Waals surface area (Å²) in [6.45, 7) is -0.295. The molecule has 0 spiro atoms. The second kappa shape index (κ2) is 9.81. The summed E-state index contributed by atoms with van der Waals surface area (Å²) in [6, 6.07) is 14.3. The van der Waals surface area contributed by atoms with E-state index in [0.29, 0.717) is 26.5 Å². The normalized spacial score (nSPS) is 10.5. The summed E-state index contributed by atoms with van der Waals surface area (Å²) >= 11 is 13.7. The Morgan fingerprint density at radius 1 is 1.13 bits per heavy atom. The number of anilines is 1. The van der Waals surface area contributed by atoms with Crippen LogP contribution in [0.15, 0.2) is 42.5 Å². The third-order valence-electron chi connectivity index (χ3n) is 4.25. The lowest BCUT2D eigenvalue weighted by molar-refractivity contribution is -0.121. The van der Waals surface area contributed by atoms with Gasteiger partial charge in [0, 0.05) is 17.6 Å². The van der Waals surface area contributed by atoms with E-state index in [1.807, 2.05) is 12.1 Å². The standard InChI is InChI=1S/C21H16Cl2N2O4S/c1-28-15-9-8-14-17(22)20(30-19(14)18(15)23)21(27)29-12-16(26)25(11-5-10-24)13-6-3-2-4-7-13/h2-4,6-9H,5,11-12H2,1H3. The van der Waals surface area contributed by atoms with Crippen LogP contribution in [0.4, 0.5) is 5.69 Å². The van der Waals surface area contributed by atoms with E-state index in [2.05, 4.69) is 0 Å². The Bertz CT molecular complexity index is 1130. The summed E-state index contributed by atoms with van der Waals surface area (Å²) in [6.07, 6.45) is 0.150. The van der Waals surface area contributed by atoms with Crippen molar-refractivity contribution < 1.29 is 19.1 Å². The predicted octanol–water partition coefficient (Wildman–Crippen LogP) is 5.32. The first-order valence-corrected chi connectivity index (χ1v) is 10.4. The van der Waals surface area contributed by atoms with Crippen molar-refractivity contribution in [3.05, 3.63) is 57.4 Å². The maximum absolute atomic E-state index is 12.7. The Morgan fingerprint density at radius 2 is 1.87 bits per heavy atom. The summed E-state index contributed by atoms with van der Waals surface area (Å²) in [5.74, 6) is -0.701. The first-order chi connectivity index (χ1) is 14.5. The van der Waals surface area contributed by atoms with Gasteiger partial charge in [-0.2, -0.15) is 5.26 Å². The number of benzene rings is 2. The molecule has 30 heavy (non-hydrogen) atoms. The van der Waals surface area contributed by atoms with Gasteiger partial charge in [-0.3, -0.25) is 4.79 Å². The average Bonchev–Trinajstić information content (AvgIpc) is 3.11. The van der Waals surface area contributed by atoms with Crippen LogP contribution in [0.2, 0.25) is 10.0 Å². The lowest BCUT2D eigenvalue weighted by Crippen LogP contribution is -2.35. The molecule has 1 heterocycles. The van der Waals surface area contributed by atoms with Gasteiger partial charge in [0.15, 0.2) is 6.61 Å². The van der Waals surface area contributed by atoms with Crippen LogP contribution in [0.5, 0.6) is 5.75 Å². The molecule has 1 aromatic heterocycles. The Balaban J connectivity index is 1.77. The van der Waals surface area contributed by atoms with E-state index >= 15 is 0 Å². The van der Waals surface area contributed by atoms with E-state index in [0.717, 1.165) is 11.3 Å². The van der Waals surface area contributed by atoms with Crippen molar-refractivity contribution in [2.75, 3.05) is 25.2 Å². The molecule has 0 bridgehead atoms. The fourth-order valence-electron chi connectivity index (χ4n) is 2.81. The molecule has 0 saturated carbocycles. The topological polar surface area (TPSA) is 79.6 Å². The fraction of sp³-hybridized carbons (Fsp3) is 0.190. The number of nitrogens with zero attached hydrogens (tertiary/aromatic N) is 2. The van der Waals surface area contributed by atoms with Crippen molar-refractivity contribution in [3.63, 3.8) is 0 Å². The molecule has 6 nitrogen and oxygen atoms in total. The van der Waals surface area contributed by atoms with Crippen molar-refractivity contribution in [2.24, 2.45) is 0 Å². The van der Waals surface area contributed by atoms with Crippen LogP contribution in [-0.2, 0) is 9.53 Å². The van der Waals surface area contributed by atoms with Crippen molar-refractivity contribution in [1.29, 1.82) is 5.26 Å². The highest BCUT2D eigenvalue weighted by Gasteiger charge is 2.23. The van der Waals surface area contributed by atoms with Crippen LogP contribution in [0, 0.1) is 11.3 Å². The maximum Gasteiger partial charge on any atom is 0.350 e. The number of thiophene rings is 1. The Hall–Kier alpha value is -2.79. The van der Waals surface area contributed by atoms with Crippen LogP contribution >= 0.6 is 34.5 Å². The van der Waals surface area contributed by atoms with Gasteiger partial charge in [0.2, 0.25) is 0 Å². The molecular formula is C21H16Cl2N2O4S. The summed E-state index contributed by atoms with van der Waals surface area (Å²) in [4.78, 5) is 26.8. The molecule has 154 valence electrons. The van der Waals surface area contributed by atoms with Crippen molar-refractivity contribution >= 4 is 62.2 Å². The smallest absolute Gasteiger partial charge is 0.350 e. The quantitative estimate of drug-likeness (QED) is 0.443. The van der Waals surface area contributed by atoms with Gasteiger partial charge in [0.05, 0.1) is 29.3 Å². The number of rotatable bonds is 7. The molecule has 3 aromatic rings. The number of para-hydroxylation sites is 1. The molecular weight excluding hydrogens is 447 g/mol. The van der Waals surface area contributed by atoms with Crippen molar-refractivity contribution in [1.82, 2.24) is 0 Å². The molecule has 0 atom stereocenters. The van der Waals surface area contributed by atoms with E-state index in [1.54, 1.807) is 36.4 Å². The minimum atomic E-state index is -0.724. The summed E-state index contributed by atoms with van der Waals surface area (Å²) < 4.78 is 11.0. The molecule has 0 aliphatic rings. The number of ether oxygens (including phenoxy) is 2. The molecule has 0 saturated heterocycles. The maximum atomic E-state index is 12.7. The zero-order valence-corrected chi connectivity index (χ0v) is 18.2. The van der Waals surface area contributed by atoms with Gasteiger partial charge in [-0.05, 0) is 24.3 Å². The molecule has 0 unspecified atom stereocenters. The Kier molecular flexibility index (Phi) is 7.16. The van der Waals surface area contributed by atoms with E-state index in [-0.39, 0.29) is 22.9 Å². The number of fused-ring (bicyclic) bond motifs is 1. The number of halogens is 2. The van der Waals surface area contributed by atoms with Crippen LogP contribution in [-0.4, -0.2) is 32.1 Å². The average molecular weight is 463 g/mol. The lowest BCUT2D eigenvalue weighted by Gasteiger charge is -2.21. The lowest BCUT2D eigenvalue weighted by atomic mass is 10.2. The Labute approximate surface area is 187 Å². The van der Waals surface area contributed by atoms with Gasteiger partial charge >= 0.3 is 5.97 Å². The summed E-state index contributed by atoms with van der Waals surface area (Å²) in [5, 5.41) is 10.0. The van der Waals surface area contributed by atoms with Gasteiger partial charge in [-0.15, -0.1) is 11.3 Å². The highest BCUT2D eigenvalue weighted by atomic mass is 35.5. The molecule has 0 radical (unpaired) electrons. The summed E-state index contributed by atoms with van der Waals surface area (Å²) in [7, 11) is 1.49. The monoisotopic (exact) mass is 462 g/mol. The zero-order chi connectivity index (χ0) is 21.7. The number of methoxy groups -OCH3 is 1. The number of carbonyl (C=O) groups is 2. The molecule has 9 heteroatoms. The van der Waals surface area contributed by atoms with Gasteiger partial charge < -0.3 is 14.4 Å². The summed E-state index contributed by atoms with van der Waals surface area (Å²) in [5.41, 5.74) is 0.618. The van der Waals surface area contributed by atoms with Crippen molar-refractivity contribution in [2.45, 2.75) is 6.42 Å². The number of nitriles is 1. The minimum Gasteiger partial charge on any atom is -0.495 e. The molecule has 0 aliphatic carbocycles. The highest BCUT2D eigenvalue weighted by molar-refractivity contribution is 7.22. The molecule has 3 rings (SSSR count). The highest BCUT2D eigenvalue weighted by Crippen LogP contribution is 2.43. The molecule has 0 fully saturated rings. The first kappa shape index (κ1) is 21.9. The van der Waals surface area contributed by atoms with Gasteiger partial charge in [0.1, 0.15) is 15.6 Å². The molecule has 0 N–H and O–H groups in total. The fourth-order valence-corrected chi connectivity index (χ4v) is 4.59. The number of carbonyl (C=O) groups excluding carboxylic acids is 2. The van der Waals surface area contributed by atoms with Crippen LogP contribution in [0.3, 0.4) is 0 Å². The Morgan fingerprint density at radius 3 is 2.53 bits per heavy atom. The first-order valence-electron chi connectivity index (χ1n) is 8.82. The van der Waals surface area contributed by atoms with E-state index in [4.69, 9.17) is 37.9 Å². The van der Waals surface area contributed by atoms with Gasteiger partial charge in [0.25, 0.3) is 5.91 Å². The number of hydrogen-bond acceptors (Lipinski definition) is 6. The number of hydrogen-bond donors (Lipinski definition) is 0. The predicted molar refractivity (Wildman–Crippen MR) is 118 cm³/mol. The molecule has 2 aromatic carbocycles. The van der Waals surface area contributed by atoms with Crippen molar-refractivity contribution in [3.8, 4) is 11.8 Å². The second-order valence-electron chi connectivity index (χ2n) is 6.07. The van der Waals surface area contributed by atoms with Gasteiger partial charge in [-0.25, -0.2) is 4.79 Å². The van der Waals surface area contributed by atoms with E-state index in [9.17, 15) is 9.59 Å². The zero-order valence-electron chi connectivity index (χ0n) is 15.9. The van der Waals surface area contributed by atoms with Crippen LogP contribution < -0.4 is 9.64 Å². The van der Waals surface area contributed by atoms with Crippen LogP contribution in [0.1, 0.15) is 16.1 Å². The third-order valence-corrected chi connectivity index (χ3v) is 6.44. The van der Waals surface area contributed by atoms with Crippen LogP contribution in [0.25, 0.3) is 10.1 Å². The van der Waals surface area contributed by atoms with E-state index in [1.165, 1.54) is 12.0 Å². The molecule has 1 amide bonds. The SMILES string of the molecule is COc1ccc2c(Cl)c(C(=O)OCC(=O)N(CCC#N)c3ccccc3)sc2c1Cl. The minimum absolute atomic E-state index is 0.150. The van der Waals surface area contributed by atoms with Gasteiger partial charge in [-0.1, -0.05) is 41.4 Å². The van der Waals surface area contributed by atoms with E-state index < -0.39 is 18.5 Å². The second-order valence-corrected chi connectivity index (χ2v) is 7.85. The molecule has 0 aliphatic heterocycles. The third kappa shape index (κ3) is 4.51.